The lowest BCUT2D eigenvalue weighted by Gasteiger charge is -2.47. The van der Waals surface area contributed by atoms with Crippen molar-refractivity contribution in [3.63, 3.8) is 0 Å². The van der Waals surface area contributed by atoms with E-state index < -0.39 is 0 Å². The Bertz CT molecular complexity index is 1500. The second kappa shape index (κ2) is 7.49. The van der Waals surface area contributed by atoms with Gasteiger partial charge in [0.1, 0.15) is 0 Å². The highest BCUT2D eigenvalue weighted by Gasteiger charge is 2.45. The maximum atomic E-state index is 5.08. The van der Waals surface area contributed by atoms with Gasteiger partial charge in [-0.2, -0.15) is 0 Å². The van der Waals surface area contributed by atoms with Crippen molar-refractivity contribution in [1.29, 1.82) is 0 Å². The first-order chi connectivity index (χ1) is 16.4. The molecule has 0 bridgehead atoms. The van der Waals surface area contributed by atoms with Crippen LogP contribution in [0.2, 0.25) is 0 Å². The molecule has 0 saturated heterocycles. The highest BCUT2D eigenvalue weighted by atomic mass is 15.0. The molecule has 0 amide bonds. The minimum Gasteiger partial charge on any atom is -0.382 e. The molecule has 0 radical (unpaired) electrons. The Kier molecular flexibility index (Phi) is 4.63. The SMILES string of the molecule is C/C=C/C1Nc2ccc3nc(C)c(C)nc3c2C2c3c(ccc4nc(C)c(C)nc34)NC(C)C12. The van der Waals surface area contributed by atoms with Crippen molar-refractivity contribution in [1.82, 2.24) is 19.9 Å². The number of hydrogen-bond acceptors (Lipinski definition) is 6. The van der Waals surface area contributed by atoms with E-state index in [-0.39, 0.29) is 23.9 Å². The van der Waals surface area contributed by atoms with E-state index >= 15 is 0 Å². The molecule has 6 heteroatoms. The first kappa shape index (κ1) is 21.0. The maximum absolute atomic E-state index is 5.08. The minimum absolute atomic E-state index is 0.115. The molecule has 34 heavy (non-hydrogen) atoms. The molecule has 6 rings (SSSR count). The van der Waals surface area contributed by atoms with Crippen LogP contribution in [0.4, 0.5) is 11.4 Å². The van der Waals surface area contributed by atoms with E-state index in [4.69, 9.17) is 19.9 Å². The van der Waals surface area contributed by atoms with E-state index in [0.29, 0.717) is 0 Å². The van der Waals surface area contributed by atoms with Gasteiger partial charge >= 0.3 is 0 Å². The minimum atomic E-state index is 0.115. The van der Waals surface area contributed by atoms with Crippen LogP contribution in [-0.4, -0.2) is 32.0 Å². The van der Waals surface area contributed by atoms with E-state index in [2.05, 4.69) is 60.9 Å². The second-order valence-corrected chi connectivity index (χ2v) is 9.76. The van der Waals surface area contributed by atoms with Crippen LogP contribution in [0.1, 0.15) is 53.7 Å². The number of aromatic nitrogens is 4. The van der Waals surface area contributed by atoms with Crippen LogP contribution in [0.3, 0.4) is 0 Å². The van der Waals surface area contributed by atoms with Gasteiger partial charge in [-0.25, -0.2) is 19.9 Å². The number of aryl methyl sites for hydroxylation is 4. The van der Waals surface area contributed by atoms with E-state index in [1.165, 1.54) is 11.1 Å². The average molecular weight is 451 g/mol. The van der Waals surface area contributed by atoms with Crippen molar-refractivity contribution in [3.05, 3.63) is 70.3 Å². The molecule has 2 N–H and O–H groups in total. The van der Waals surface area contributed by atoms with Crippen LogP contribution in [0.25, 0.3) is 22.1 Å². The molecule has 2 aromatic heterocycles. The van der Waals surface area contributed by atoms with Crippen LogP contribution in [0.5, 0.6) is 0 Å². The van der Waals surface area contributed by atoms with Crippen LogP contribution in [0, 0.1) is 33.6 Å². The van der Waals surface area contributed by atoms with Gasteiger partial charge in [0.2, 0.25) is 0 Å². The fraction of sp³-hybridized carbons (Fsp3) is 0.357. The third-order valence-corrected chi connectivity index (χ3v) is 7.68. The summed E-state index contributed by atoms with van der Waals surface area (Å²) in [4.78, 5) is 19.9. The predicted octanol–water partition coefficient (Wildman–Crippen LogP) is 5.74. The van der Waals surface area contributed by atoms with Crippen molar-refractivity contribution >= 4 is 33.4 Å². The van der Waals surface area contributed by atoms with E-state index in [1.807, 2.05) is 27.7 Å². The van der Waals surface area contributed by atoms with E-state index in [1.54, 1.807) is 0 Å². The van der Waals surface area contributed by atoms with Crippen LogP contribution in [-0.2, 0) is 0 Å². The van der Waals surface area contributed by atoms with Crippen LogP contribution >= 0.6 is 0 Å². The van der Waals surface area contributed by atoms with Crippen molar-refractivity contribution in [2.45, 2.75) is 59.5 Å². The van der Waals surface area contributed by atoms with Gasteiger partial charge in [-0.05, 0) is 65.8 Å². The first-order valence-electron chi connectivity index (χ1n) is 12.1. The summed E-state index contributed by atoms with van der Waals surface area (Å²) in [7, 11) is 0. The molecule has 4 unspecified atom stereocenters. The zero-order valence-electron chi connectivity index (χ0n) is 20.6. The summed E-state index contributed by atoms with van der Waals surface area (Å²) < 4.78 is 0. The van der Waals surface area contributed by atoms with Crippen molar-refractivity contribution in [2.75, 3.05) is 10.6 Å². The molecule has 0 saturated carbocycles. The lowest BCUT2D eigenvalue weighted by atomic mass is 9.67. The standard InChI is InChI=1S/C28H30N6/c1-7-8-18-23-17(6)31-19-9-11-21-27(32-15(4)13(2)29-21)24(19)26(23)25-20(34-18)10-12-22-28(25)33-16(5)14(3)30-22/h7-12,17-18,23,26,31,34H,1-6H3/b8-7+. The number of fused-ring (bicyclic) bond motifs is 9. The molecule has 2 aromatic carbocycles. The van der Waals surface area contributed by atoms with Gasteiger partial charge in [-0.15, -0.1) is 0 Å². The summed E-state index contributed by atoms with van der Waals surface area (Å²) >= 11 is 0. The maximum Gasteiger partial charge on any atom is 0.0949 e. The van der Waals surface area contributed by atoms with Gasteiger partial charge in [0, 0.05) is 40.4 Å². The molecular formula is C28H30N6. The summed E-state index contributed by atoms with van der Waals surface area (Å²) in [5, 5.41) is 7.62. The summed E-state index contributed by atoms with van der Waals surface area (Å²) in [6.45, 7) is 12.5. The van der Waals surface area contributed by atoms with Gasteiger partial charge in [0.15, 0.2) is 0 Å². The number of benzene rings is 2. The zero-order chi connectivity index (χ0) is 23.7. The highest BCUT2D eigenvalue weighted by Crippen LogP contribution is 2.53. The van der Waals surface area contributed by atoms with Gasteiger partial charge in [0.25, 0.3) is 0 Å². The molecule has 2 aliphatic rings. The number of nitrogens with one attached hydrogen (secondary N) is 2. The third kappa shape index (κ3) is 2.94. The fourth-order valence-electron chi connectivity index (χ4n) is 5.85. The van der Waals surface area contributed by atoms with Gasteiger partial charge < -0.3 is 10.6 Å². The number of allylic oxidation sites excluding steroid dienone is 1. The average Bonchev–Trinajstić information content (AvgIpc) is 2.80. The Morgan fingerprint density at radius 3 is 1.74 bits per heavy atom. The van der Waals surface area contributed by atoms with Gasteiger partial charge in [0.05, 0.1) is 50.9 Å². The Balaban J connectivity index is 1.74. The monoisotopic (exact) mass is 450 g/mol. The second-order valence-electron chi connectivity index (χ2n) is 9.76. The number of rotatable bonds is 1. The Morgan fingerprint density at radius 2 is 1.21 bits per heavy atom. The highest BCUT2D eigenvalue weighted by molar-refractivity contribution is 5.92. The lowest BCUT2D eigenvalue weighted by Crippen LogP contribution is -2.48. The molecule has 4 atom stereocenters. The molecule has 0 spiro atoms. The number of anilines is 2. The normalized spacial score (nSPS) is 23.4. The molecule has 4 aromatic rings. The molecule has 2 aliphatic heterocycles. The quantitative estimate of drug-likeness (QED) is 0.360. The Labute approximate surface area is 200 Å². The van der Waals surface area contributed by atoms with E-state index in [0.717, 1.165) is 56.2 Å². The molecule has 6 nitrogen and oxygen atoms in total. The number of nitrogens with zero attached hydrogens (tertiary/aromatic N) is 4. The first-order valence-corrected chi connectivity index (χ1v) is 12.1. The van der Waals surface area contributed by atoms with E-state index in [9.17, 15) is 0 Å². The topological polar surface area (TPSA) is 75.6 Å². The fourth-order valence-corrected chi connectivity index (χ4v) is 5.85. The lowest BCUT2D eigenvalue weighted by molar-refractivity contribution is 0.373. The van der Waals surface area contributed by atoms with Gasteiger partial charge in [-0.1, -0.05) is 12.2 Å². The molecule has 0 aliphatic carbocycles. The molecule has 0 fully saturated rings. The molecule has 172 valence electrons. The third-order valence-electron chi connectivity index (χ3n) is 7.68. The van der Waals surface area contributed by atoms with Crippen molar-refractivity contribution in [3.8, 4) is 0 Å². The smallest absolute Gasteiger partial charge is 0.0949 e. The van der Waals surface area contributed by atoms with Crippen molar-refractivity contribution in [2.24, 2.45) is 5.92 Å². The van der Waals surface area contributed by atoms with Crippen molar-refractivity contribution < 1.29 is 0 Å². The summed E-state index contributed by atoms with van der Waals surface area (Å²) in [5.41, 5.74) is 12.5. The van der Waals surface area contributed by atoms with Crippen LogP contribution in [0.15, 0.2) is 36.4 Å². The number of hydrogen-bond donors (Lipinski definition) is 2. The zero-order valence-corrected chi connectivity index (χ0v) is 20.6. The largest absolute Gasteiger partial charge is 0.382 e. The predicted molar refractivity (Wildman–Crippen MR) is 139 cm³/mol. The van der Waals surface area contributed by atoms with Crippen LogP contribution < -0.4 is 10.6 Å². The van der Waals surface area contributed by atoms with Gasteiger partial charge in [-0.3, -0.25) is 0 Å². The molecule has 4 heterocycles. The summed E-state index contributed by atoms with van der Waals surface area (Å²) in [6, 6.07) is 8.97. The Hall–Kier alpha value is -3.54. The Morgan fingerprint density at radius 1 is 0.706 bits per heavy atom. The summed E-state index contributed by atoms with van der Waals surface area (Å²) in [6.07, 6.45) is 4.43. The summed E-state index contributed by atoms with van der Waals surface area (Å²) in [5.74, 6) is 0.392. The molecular weight excluding hydrogens is 420 g/mol.